The minimum Gasteiger partial charge on any atom is -0.492 e. The molecule has 2 heterocycles. The number of rotatable bonds is 4. The second kappa shape index (κ2) is 8.28. The average molecular weight is 435 g/mol. The summed E-state index contributed by atoms with van der Waals surface area (Å²) >= 11 is 0. The first kappa shape index (κ1) is 19.9. The molecular weight excluding hydrogens is 408 g/mol. The topological polar surface area (TPSA) is 41.6 Å². The first-order chi connectivity index (χ1) is 16.3. The molecule has 2 unspecified atom stereocenters. The molecule has 1 amide bonds. The maximum absolute atomic E-state index is 13.9. The van der Waals surface area contributed by atoms with Crippen LogP contribution in [0.5, 0.6) is 0 Å². The standard InChI is InChI=1S/C29H26N2O2/c32-29(27-11-5-9-20-6-3-4-10-26(20)27)31-18-23-8-2-1-7-22(23)16-24(31)19-33-25-13-12-21-14-15-30-28(21)17-25/h1-15,17,21,24,28,30H,16,18-19H2/t21?,24-,28?/m0/s1. The molecule has 3 aliphatic rings. The fourth-order valence-corrected chi connectivity index (χ4v) is 5.12. The molecule has 0 bridgehead atoms. The molecule has 0 radical (unpaired) electrons. The Morgan fingerprint density at radius 1 is 0.970 bits per heavy atom. The highest BCUT2D eigenvalue weighted by atomic mass is 16.5. The number of ether oxygens (including phenoxy) is 1. The lowest BCUT2D eigenvalue weighted by Gasteiger charge is -2.37. The third-order valence-electron chi connectivity index (χ3n) is 6.93. The van der Waals surface area contributed by atoms with E-state index >= 15 is 0 Å². The van der Waals surface area contributed by atoms with Crippen LogP contribution in [0.1, 0.15) is 21.5 Å². The predicted octanol–water partition coefficient (Wildman–Crippen LogP) is 4.98. The van der Waals surface area contributed by atoms with Gasteiger partial charge < -0.3 is 15.0 Å². The number of amides is 1. The normalized spacial score (nSPS) is 23.0. The van der Waals surface area contributed by atoms with E-state index in [1.165, 1.54) is 11.1 Å². The first-order valence-electron chi connectivity index (χ1n) is 11.6. The number of carbonyl (C=O) groups is 1. The molecule has 164 valence electrons. The van der Waals surface area contributed by atoms with Crippen molar-refractivity contribution in [3.05, 3.63) is 120 Å². The summed E-state index contributed by atoms with van der Waals surface area (Å²) in [6, 6.07) is 22.7. The molecule has 6 rings (SSSR count). The molecule has 2 aliphatic heterocycles. The molecule has 3 aromatic rings. The van der Waals surface area contributed by atoms with E-state index in [4.69, 9.17) is 4.74 Å². The maximum atomic E-state index is 13.9. The van der Waals surface area contributed by atoms with Crippen molar-refractivity contribution >= 4 is 16.7 Å². The van der Waals surface area contributed by atoms with Gasteiger partial charge >= 0.3 is 0 Å². The molecule has 0 saturated carbocycles. The van der Waals surface area contributed by atoms with Crippen LogP contribution in [0, 0.1) is 5.92 Å². The average Bonchev–Trinajstić information content (AvgIpc) is 3.34. The van der Waals surface area contributed by atoms with E-state index in [0.29, 0.717) is 19.1 Å². The van der Waals surface area contributed by atoms with Crippen molar-refractivity contribution in [1.29, 1.82) is 0 Å². The molecular formula is C29H26N2O2. The summed E-state index contributed by atoms with van der Waals surface area (Å²) in [4.78, 5) is 15.9. The summed E-state index contributed by atoms with van der Waals surface area (Å²) in [7, 11) is 0. The van der Waals surface area contributed by atoms with Crippen LogP contribution < -0.4 is 5.32 Å². The maximum Gasteiger partial charge on any atom is 0.255 e. The van der Waals surface area contributed by atoms with Crippen LogP contribution in [-0.2, 0) is 17.7 Å². The van der Waals surface area contributed by atoms with Gasteiger partial charge in [0.25, 0.3) is 5.91 Å². The Bertz CT molecular complexity index is 1300. The number of fused-ring (bicyclic) bond motifs is 3. The van der Waals surface area contributed by atoms with Crippen LogP contribution in [0.4, 0.5) is 0 Å². The zero-order valence-electron chi connectivity index (χ0n) is 18.4. The van der Waals surface area contributed by atoms with Gasteiger partial charge in [0, 0.05) is 18.0 Å². The number of hydrogen-bond acceptors (Lipinski definition) is 3. The minimum atomic E-state index is -0.0342. The van der Waals surface area contributed by atoms with Crippen LogP contribution in [0.15, 0.2) is 103 Å². The summed E-state index contributed by atoms with van der Waals surface area (Å²) in [5.41, 5.74) is 3.25. The van der Waals surface area contributed by atoms with E-state index in [-0.39, 0.29) is 18.0 Å². The Balaban J connectivity index is 1.29. The molecule has 1 N–H and O–H groups in total. The number of hydrogen-bond donors (Lipinski definition) is 1. The highest BCUT2D eigenvalue weighted by Gasteiger charge is 2.32. The van der Waals surface area contributed by atoms with Gasteiger partial charge in [0.05, 0.1) is 12.1 Å². The van der Waals surface area contributed by atoms with Gasteiger partial charge in [0.15, 0.2) is 0 Å². The van der Waals surface area contributed by atoms with E-state index in [2.05, 4.69) is 53.9 Å². The Hall–Kier alpha value is -3.79. The quantitative estimate of drug-likeness (QED) is 0.630. The summed E-state index contributed by atoms with van der Waals surface area (Å²) in [6.45, 7) is 1.06. The lowest BCUT2D eigenvalue weighted by Crippen LogP contribution is -2.46. The smallest absolute Gasteiger partial charge is 0.255 e. The number of nitrogens with one attached hydrogen (secondary N) is 1. The summed E-state index contributed by atoms with van der Waals surface area (Å²) in [5.74, 6) is 1.32. The van der Waals surface area contributed by atoms with E-state index in [1.807, 2.05) is 53.6 Å². The Kier molecular flexibility index (Phi) is 4.99. The van der Waals surface area contributed by atoms with Crippen LogP contribution in [-0.4, -0.2) is 29.5 Å². The summed E-state index contributed by atoms with van der Waals surface area (Å²) < 4.78 is 6.26. The van der Waals surface area contributed by atoms with Crippen molar-refractivity contribution in [2.75, 3.05) is 6.61 Å². The summed E-state index contributed by atoms with van der Waals surface area (Å²) in [6.07, 6.45) is 11.3. The van der Waals surface area contributed by atoms with Crippen molar-refractivity contribution in [1.82, 2.24) is 10.2 Å². The zero-order chi connectivity index (χ0) is 22.2. The fraction of sp³-hybridized carbons (Fsp3) is 0.207. The van der Waals surface area contributed by atoms with Gasteiger partial charge in [-0.15, -0.1) is 0 Å². The highest BCUT2D eigenvalue weighted by Crippen LogP contribution is 2.29. The molecule has 3 atom stereocenters. The molecule has 0 saturated heterocycles. The van der Waals surface area contributed by atoms with E-state index in [0.717, 1.165) is 28.5 Å². The van der Waals surface area contributed by atoms with Crippen LogP contribution in [0.2, 0.25) is 0 Å². The third-order valence-corrected chi connectivity index (χ3v) is 6.93. The van der Waals surface area contributed by atoms with Gasteiger partial charge in [0.1, 0.15) is 12.4 Å². The molecule has 33 heavy (non-hydrogen) atoms. The molecule has 4 heteroatoms. The number of carbonyl (C=O) groups excluding carboxylic acids is 1. The fourth-order valence-electron chi connectivity index (χ4n) is 5.12. The largest absolute Gasteiger partial charge is 0.492 e. The number of nitrogens with zero attached hydrogens (tertiary/aromatic N) is 1. The van der Waals surface area contributed by atoms with Crippen molar-refractivity contribution in [3.63, 3.8) is 0 Å². The Morgan fingerprint density at radius 3 is 2.73 bits per heavy atom. The molecule has 0 fully saturated rings. The van der Waals surface area contributed by atoms with E-state index in [1.54, 1.807) is 0 Å². The molecule has 0 aromatic heterocycles. The predicted molar refractivity (Wildman–Crippen MR) is 130 cm³/mol. The Labute approximate surface area is 193 Å². The number of benzene rings is 3. The highest BCUT2D eigenvalue weighted by molar-refractivity contribution is 6.07. The van der Waals surface area contributed by atoms with Crippen molar-refractivity contribution in [2.24, 2.45) is 5.92 Å². The second-order valence-electron chi connectivity index (χ2n) is 8.95. The molecule has 4 nitrogen and oxygen atoms in total. The van der Waals surface area contributed by atoms with Crippen molar-refractivity contribution in [3.8, 4) is 0 Å². The lowest BCUT2D eigenvalue weighted by molar-refractivity contribution is 0.0505. The third kappa shape index (κ3) is 3.72. The first-order valence-corrected chi connectivity index (χ1v) is 11.6. The SMILES string of the molecule is O=C(c1cccc2ccccc12)N1Cc2ccccc2C[C@H]1COC1=CC2NC=CC2C=C1. The molecule has 1 aliphatic carbocycles. The van der Waals surface area contributed by atoms with Crippen LogP contribution in [0.25, 0.3) is 10.8 Å². The monoisotopic (exact) mass is 434 g/mol. The second-order valence-corrected chi connectivity index (χ2v) is 8.95. The van der Waals surface area contributed by atoms with Gasteiger partial charge in [-0.3, -0.25) is 4.79 Å². The van der Waals surface area contributed by atoms with Gasteiger partial charge in [-0.05, 0) is 52.7 Å². The Morgan fingerprint density at radius 2 is 1.79 bits per heavy atom. The van der Waals surface area contributed by atoms with Gasteiger partial charge in [-0.1, -0.05) is 72.8 Å². The van der Waals surface area contributed by atoms with Crippen LogP contribution in [0.3, 0.4) is 0 Å². The van der Waals surface area contributed by atoms with E-state index < -0.39 is 0 Å². The van der Waals surface area contributed by atoms with Crippen molar-refractivity contribution < 1.29 is 9.53 Å². The van der Waals surface area contributed by atoms with Gasteiger partial charge in [0.2, 0.25) is 0 Å². The van der Waals surface area contributed by atoms with Crippen molar-refractivity contribution in [2.45, 2.75) is 25.0 Å². The van der Waals surface area contributed by atoms with Gasteiger partial charge in [-0.25, -0.2) is 0 Å². The number of allylic oxidation sites excluding steroid dienone is 1. The zero-order valence-corrected chi connectivity index (χ0v) is 18.4. The van der Waals surface area contributed by atoms with E-state index in [9.17, 15) is 4.79 Å². The van der Waals surface area contributed by atoms with Gasteiger partial charge in [-0.2, -0.15) is 0 Å². The van der Waals surface area contributed by atoms with Crippen LogP contribution >= 0.6 is 0 Å². The molecule has 0 spiro atoms. The molecule has 3 aromatic carbocycles. The summed E-state index contributed by atoms with van der Waals surface area (Å²) in [5, 5.41) is 5.43. The minimum absolute atomic E-state index is 0.0342. The lowest BCUT2D eigenvalue weighted by atomic mass is 9.93.